The third-order valence-electron chi connectivity index (χ3n) is 2.44. The molecule has 15 heavy (non-hydrogen) atoms. The topological polar surface area (TPSA) is 55.5 Å². The fourth-order valence-electron chi connectivity index (χ4n) is 1.64. The number of halogens is 1. The Morgan fingerprint density at radius 2 is 2.20 bits per heavy atom. The second-order valence-electron chi connectivity index (χ2n) is 3.41. The van der Waals surface area contributed by atoms with Crippen LogP contribution in [-0.2, 0) is 0 Å². The lowest BCUT2D eigenvalue weighted by Gasteiger charge is -2.16. The zero-order valence-electron chi connectivity index (χ0n) is 8.96. The Balaban J connectivity index is 3.14. The van der Waals surface area contributed by atoms with Gasteiger partial charge in [-0.3, -0.25) is 0 Å². The summed E-state index contributed by atoms with van der Waals surface area (Å²) in [5, 5.41) is 8.77. The average Bonchev–Trinajstić information content (AvgIpc) is 2.18. The second kappa shape index (κ2) is 5.09. The van der Waals surface area contributed by atoms with Crippen molar-refractivity contribution in [2.75, 3.05) is 13.7 Å². The fourth-order valence-corrected chi connectivity index (χ4v) is 1.64. The zero-order chi connectivity index (χ0) is 11.4. The van der Waals surface area contributed by atoms with E-state index in [4.69, 9.17) is 15.6 Å². The first kappa shape index (κ1) is 11.9. The van der Waals surface area contributed by atoms with Crippen molar-refractivity contribution in [3.8, 4) is 5.75 Å². The van der Waals surface area contributed by atoms with Crippen LogP contribution >= 0.6 is 0 Å². The predicted octanol–water partition coefficient (Wildman–Crippen LogP) is 1.52. The van der Waals surface area contributed by atoms with E-state index in [1.165, 1.54) is 13.2 Å². The molecule has 3 nitrogen and oxygen atoms in total. The SMILES string of the molecule is COc1ccc(F)c(C(N)CCO)c1C. The van der Waals surface area contributed by atoms with Crippen LogP contribution in [0.1, 0.15) is 23.6 Å². The van der Waals surface area contributed by atoms with Gasteiger partial charge in [0.25, 0.3) is 0 Å². The molecule has 0 saturated heterocycles. The minimum atomic E-state index is -0.495. The smallest absolute Gasteiger partial charge is 0.128 e. The number of nitrogens with two attached hydrogens (primary N) is 1. The molecule has 0 spiro atoms. The molecule has 0 aromatic heterocycles. The number of aliphatic hydroxyl groups is 1. The molecule has 0 aliphatic heterocycles. The highest BCUT2D eigenvalue weighted by Crippen LogP contribution is 2.28. The van der Waals surface area contributed by atoms with Crippen LogP contribution in [0.15, 0.2) is 12.1 Å². The van der Waals surface area contributed by atoms with Crippen molar-refractivity contribution in [2.45, 2.75) is 19.4 Å². The average molecular weight is 213 g/mol. The van der Waals surface area contributed by atoms with E-state index in [-0.39, 0.29) is 12.4 Å². The monoisotopic (exact) mass is 213 g/mol. The summed E-state index contributed by atoms with van der Waals surface area (Å²) in [6.45, 7) is 1.70. The van der Waals surface area contributed by atoms with Crippen LogP contribution < -0.4 is 10.5 Å². The van der Waals surface area contributed by atoms with E-state index in [0.717, 1.165) is 0 Å². The van der Waals surface area contributed by atoms with Gasteiger partial charge in [0.1, 0.15) is 11.6 Å². The Labute approximate surface area is 88.7 Å². The maximum atomic E-state index is 13.5. The molecule has 1 rings (SSSR count). The molecule has 84 valence electrons. The van der Waals surface area contributed by atoms with Gasteiger partial charge in [-0.15, -0.1) is 0 Å². The van der Waals surface area contributed by atoms with Crippen molar-refractivity contribution in [2.24, 2.45) is 5.73 Å². The highest BCUT2D eigenvalue weighted by Gasteiger charge is 2.16. The maximum Gasteiger partial charge on any atom is 0.128 e. The normalized spacial score (nSPS) is 12.6. The van der Waals surface area contributed by atoms with Crippen LogP contribution in [-0.4, -0.2) is 18.8 Å². The predicted molar refractivity (Wildman–Crippen MR) is 56.3 cm³/mol. The van der Waals surface area contributed by atoms with Gasteiger partial charge in [0.05, 0.1) is 7.11 Å². The molecule has 3 N–H and O–H groups in total. The van der Waals surface area contributed by atoms with E-state index in [1.54, 1.807) is 13.0 Å². The number of hydrogen-bond acceptors (Lipinski definition) is 3. The molecule has 4 heteroatoms. The van der Waals surface area contributed by atoms with E-state index >= 15 is 0 Å². The lowest BCUT2D eigenvalue weighted by molar-refractivity contribution is 0.275. The first-order valence-electron chi connectivity index (χ1n) is 4.81. The molecule has 0 aliphatic rings. The summed E-state index contributed by atoms with van der Waals surface area (Å²) in [5.41, 5.74) is 6.89. The quantitative estimate of drug-likeness (QED) is 0.797. The summed E-state index contributed by atoms with van der Waals surface area (Å²) >= 11 is 0. The Kier molecular flexibility index (Phi) is 4.05. The van der Waals surface area contributed by atoms with Crippen molar-refractivity contribution in [3.63, 3.8) is 0 Å². The summed E-state index contributed by atoms with van der Waals surface area (Å²) in [4.78, 5) is 0. The summed E-state index contributed by atoms with van der Waals surface area (Å²) in [5.74, 6) is 0.258. The van der Waals surface area contributed by atoms with E-state index in [9.17, 15) is 4.39 Å². The minimum absolute atomic E-state index is 0.0583. The Morgan fingerprint density at radius 1 is 1.53 bits per heavy atom. The van der Waals surface area contributed by atoms with Gasteiger partial charge in [-0.25, -0.2) is 4.39 Å². The van der Waals surface area contributed by atoms with Crippen molar-refractivity contribution < 1.29 is 14.2 Å². The number of hydrogen-bond donors (Lipinski definition) is 2. The molecule has 0 fully saturated rings. The molecular weight excluding hydrogens is 197 g/mol. The van der Waals surface area contributed by atoms with Crippen LogP contribution in [0.25, 0.3) is 0 Å². The number of rotatable bonds is 4. The fraction of sp³-hybridized carbons (Fsp3) is 0.455. The van der Waals surface area contributed by atoms with Gasteiger partial charge < -0.3 is 15.6 Å². The number of methoxy groups -OCH3 is 1. The van der Waals surface area contributed by atoms with Gasteiger partial charge in [-0.05, 0) is 31.0 Å². The molecule has 0 bridgehead atoms. The molecule has 0 aliphatic carbocycles. The lowest BCUT2D eigenvalue weighted by Crippen LogP contribution is -2.15. The Bertz CT molecular complexity index is 342. The van der Waals surface area contributed by atoms with Crippen LogP contribution in [0, 0.1) is 12.7 Å². The summed E-state index contributed by atoms with van der Waals surface area (Å²) in [6.07, 6.45) is 0.338. The number of aliphatic hydroxyl groups excluding tert-OH is 1. The molecule has 0 amide bonds. The third kappa shape index (κ3) is 2.46. The molecular formula is C11H16FNO2. The van der Waals surface area contributed by atoms with Crippen molar-refractivity contribution in [1.29, 1.82) is 0 Å². The first-order valence-corrected chi connectivity index (χ1v) is 4.81. The highest BCUT2D eigenvalue weighted by atomic mass is 19.1. The molecule has 0 heterocycles. The summed E-state index contributed by atoms with van der Waals surface area (Å²) < 4.78 is 18.6. The number of benzene rings is 1. The molecule has 1 aromatic carbocycles. The number of ether oxygens (including phenoxy) is 1. The summed E-state index contributed by atoms with van der Waals surface area (Å²) in [7, 11) is 1.53. The van der Waals surface area contributed by atoms with Crippen LogP contribution in [0.5, 0.6) is 5.75 Å². The van der Waals surface area contributed by atoms with Crippen molar-refractivity contribution in [1.82, 2.24) is 0 Å². The highest BCUT2D eigenvalue weighted by molar-refractivity contribution is 5.41. The molecule has 0 saturated carbocycles. The molecule has 0 radical (unpaired) electrons. The maximum absolute atomic E-state index is 13.5. The first-order chi connectivity index (χ1) is 7.11. The van der Waals surface area contributed by atoms with Gasteiger partial charge in [-0.1, -0.05) is 0 Å². The van der Waals surface area contributed by atoms with E-state index in [2.05, 4.69) is 0 Å². The van der Waals surface area contributed by atoms with Crippen LogP contribution in [0.2, 0.25) is 0 Å². The third-order valence-corrected chi connectivity index (χ3v) is 2.44. The largest absolute Gasteiger partial charge is 0.496 e. The summed E-state index contributed by atoms with van der Waals surface area (Å²) in [6, 6.07) is 2.41. The molecule has 1 atom stereocenters. The lowest BCUT2D eigenvalue weighted by atomic mass is 9.98. The van der Waals surface area contributed by atoms with Gasteiger partial charge in [0.15, 0.2) is 0 Å². The van der Waals surface area contributed by atoms with Gasteiger partial charge in [-0.2, -0.15) is 0 Å². The second-order valence-corrected chi connectivity index (χ2v) is 3.41. The van der Waals surface area contributed by atoms with Crippen molar-refractivity contribution >= 4 is 0 Å². The molecule has 1 aromatic rings. The zero-order valence-corrected chi connectivity index (χ0v) is 8.96. The van der Waals surface area contributed by atoms with Crippen LogP contribution in [0.4, 0.5) is 4.39 Å². The van der Waals surface area contributed by atoms with Crippen molar-refractivity contribution in [3.05, 3.63) is 29.1 Å². The Morgan fingerprint density at radius 3 is 2.73 bits per heavy atom. The standard InChI is InChI=1S/C11H16FNO2/c1-7-10(15-2)4-3-8(12)11(7)9(13)5-6-14/h3-4,9,14H,5-6,13H2,1-2H3. The van der Waals surface area contributed by atoms with E-state index < -0.39 is 6.04 Å². The van der Waals surface area contributed by atoms with E-state index in [0.29, 0.717) is 23.3 Å². The van der Waals surface area contributed by atoms with Gasteiger partial charge in [0, 0.05) is 18.2 Å². The Hall–Kier alpha value is -1.13. The van der Waals surface area contributed by atoms with E-state index in [1.807, 2.05) is 0 Å². The van der Waals surface area contributed by atoms with Crippen LogP contribution in [0.3, 0.4) is 0 Å². The van der Waals surface area contributed by atoms with Gasteiger partial charge in [0.2, 0.25) is 0 Å². The minimum Gasteiger partial charge on any atom is -0.496 e. The van der Waals surface area contributed by atoms with Gasteiger partial charge >= 0.3 is 0 Å². The molecule has 1 unspecified atom stereocenters.